The predicted molar refractivity (Wildman–Crippen MR) is 60.4 cm³/mol. The Balaban J connectivity index is 2.39. The van der Waals surface area contributed by atoms with Crippen molar-refractivity contribution in [1.82, 2.24) is 0 Å². The molecule has 0 bridgehead atoms. The average molecular weight is 239 g/mol. The maximum Gasteiger partial charge on any atom is 0.337 e. The van der Waals surface area contributed by atoms with E-state index < -0.39 is 17.9 Å². The standard InChI is InChI=1S/C12H14FNO3/c13-8-3-4-10(14-5-1-2-6-14)9(7-8)11(15)12(16)17/h3-4,7,11,15H,1-2,5-6H2,(H,16,17). The van der Waals surface area contributed by atoms with E-state index in [0.717, 1.165) is 32.0 Å². The van der Waals surface area contributed by atoms with Gasteiger partial charge in [-0.05, 0) is 31.0 Å². The summed E-state index contributed by atoms with van der Waals surface area (Å²) in [4.78, 5) is 12.8. The lowest BCUT2D eigenvalue weighted by Crippen LogP contribution is -2.22. The molecule has 1 unspecified atom stereocenters. The zero-order chi connectivity index (χ0) is 12.4. The lowest BCUT2D eigenvalue weighted by molar-refractivity contribution is -0.146. The molecule has 5 heteroatoms. The summed E-state index contributed by atoms with van der Waals surface area (Å²) in [5.41, 5.74) is 0.734. The first-order valence-electron chi connectivity index (χ1n) is 5.55. The Morgan fingerprint density at radius 1 is 1.35 bits per heavy atom. The van der Waals surface area contributed by atoms with Crippen LogP contribution in [0.15, 0.2) is 18.2 Å². The highest BCUT2D eigenvalue weighted by Gasteiger charge is 2.24. The van der Waals surface area contributed by atoms with Gasteiger partial charge in [0.25, 0.3) is 0 Å². The van der Waals surface area contributed by atoms with Crippen LogP contribution in [0.2, 0.25) is 0 Å². The third kappa shape index (κ3) is 2.39. The molecule has 1 aliphatic heterocycles. The Kier molecular flexibility index (Phi) is 3.28. The number of hydrogen-bond donors (Lipinski definition) is 2. The van der Waals surface area contributed by atoms with Gasteiger partial charge in [0.1, 0.15) is 5.82 Å². The second-order valence-electron chi connectivity index (χ2n) is 4.14. The van der Waals surface area contributed by atoms with Crippen molar-refractivity contribution in [1.29, 1.82) is 0 Å². The van der Waals surface area contributed by atoms with Crippen LogP contribution in [0.4, 0.5) is 10.1 Å². The Morgan fingerprint density at radius 3 is 2.59 bits per heavy atom. The molecule has 1 atom stereocenters. The fraction of sp³-hybridized carbons (Fsp3) is 0.417. The molecule has 92 valence electrons. The molecular weight excluding hydrogens is 225 g/mol. The van der Waals surface area contributed by atoms with Crippen molar-refractivity contribution in [2.75, 3.05) is 18.0 Å². The van der Waals surface area contributed by atoms with E-state index in [0.29, 0.717) is 5.69 Å². The first kappa shape index (κ1) is 11.9. The van der Waals surface area contributed by atoms with Crippen LogP contribution >= 0.6 is 0 Å². The van der Waals surface area contributed by atoms with Crippen LogP contribution in [0.1, 0.15) is 24.5 Å². The molecule has 1 aromatic carbocycles. The van der Waals surface area contributed by atoms with Crippen LogP contribution in [0.25, 0.3) is 0 Å². The molecule has 0 aliphatic carbocycles. The zero-order valence-corrected chi connectivity index (χ0v) is 9.27. The summed E-state index contributed by atoms with van der Waals surface area (Å²) >= 11 is 0. The Morgan fingerprint density at radius 2 is 2.00 bits per heavy atom. The molecule has 0 spiro atoms. The molecule has 0 saturated carbocycles. The molecule has 17 heavy (non-hydrogen) atoms. The number of benzene rings is 1. The normalized spacial score (nSPS) is 17.2. The van der Waals surface area contributed by atoms with Crippen LogP contribution in [0.3, 0.4) is 0 Å². The van der Waals surface area contributed by atoms with E-state index in [-0.39, 0.29) is 5.56 Å². The number of aliphatic hydroxyl groups excluding tert-OH is 1. The molecule has 1 fully saturated rings. The van der Waals surface area contributed by atoms with Gasteiger partial charge in [0.15, 0.2) is 6.10 Å². The summed E-state index contributed by atoms with van der Waals surface area (Å²) < 4.78 is 13.1. The first-order valence-corrected chi connectivity index (χ1v) is 5.55. The molecule has 1 aliphatic rings. The highest BCUT2D eigenvalue weighted by molar-refractivity contribution is 5.77. The maximum absolute atomic E-state index is 13.1. The molecular formula is C12H14FNO3. The van der Waals surface area contributed by atoms with Crippen molar-refractivity contribution in [3.05, 3.63) is 29.6 Å². The number of hydrogen-bond acceptors (Lipinski definition) is 3. The first-order chi connectivity index (χ1) is 8.09. The third-order valence-electron chi connectivity index (χ3n) is 2.96. The van der Waals surface area contributed by atoms with Gasteiger partial charge in [-0.15, -0.1) is 0 Å². The number of aliphatic hydroxyl groups is 1. The highest BCUT2D eigenvalue weighted by Crippen LogP contribution is 2.30. The Labute approximate surface area is 98.3 Å². The van der Waals surface area contributed by atoms with E-state index in [1.165, 1.54) is 12.1 Å². The lowest BCUT2D eigenvalue weighted by atomic mass is 10.1. The van der Waals surface area contributed by atoms with Crippen LogP contribution in [0.5, 0.6) is 0 Å². The zero-order valence-electron chi connectivity index (χ0n) is 9.27. The fourth-order valence-corrected chi connectivity index (χ4v) is 2.12. The number of anilines is 1. The second-order valence-corrected chi connectivity index (χ2v) is 4.14. The summed E-state index contributed by atoms with van der Waals surface area (Å²) in [5, 5.41) is 18.4. The second kappa shape index (κ2) is 4.71. The smallest absolute Gasteiger partial charge is 0.337 e. The minimum atomic E-state index is -1.68. The van der Waals surface area contributed by atoms with Crippen molar-refractivity contribution in [3.8, 4) is 0 Å². The number of carboxylic acids is 1. The monoisotopic (exact) mass is 239 g/mol. The van der Waals surface area contributed by atoms with Gasteiger partial charge in [-0.3, -0.25) is 0 Å². The molecule has 0 amide bonds. The number of aliphatic carboxylic acids is 1. The Hall–Kier alpha value is -1.62. The van der Waals surface area contributed by atoms with Gasteiger partial charge in [0.05, 0.1) is 0 Å². The number of halogens is 1. The van der Waals surface area contributed by atoms with Crippen molar-refractivity contribution < 1.29 is 19.4 Å². The number of rotatable bonds is 3. The topological polar surface area (TPSA) is 60.8 Å². The fourth-order valence-electron chi connectivity index (χ4n) is 2.12. The molecule has 1 heterocycles. The van der Waals surface area contributed by atoms with Crippen LogP contribution in [0, 0.1) is 5.82 Å². The predicted octanol–water partition coefficient (Wildman–Crippen LogP) is 1.54. The molecule has 2 N–H and O–H groups in total. The van der Waals surface area contributed by atoms with Crippen molar-refractivity contribution in [3.63, 3.8) is 0 Å². The highest BCUT2D eigenvalue weighted by atomic mass is 19.1. The van der Waals surface area contributed by atoms with E-state index in [9.17, 15) is 14.3 Å². The van der Waals surface area contributed by atoms with E-state index in [4.69, 9.17) is 5.11 Å². The molecule has 4 nitrogen and oxygen atoms in total. The van der Waals surface area contributed by atoms with Crippen molar-refractivity contribution in [2.45, 2.75) is 18.9 Å². The third-order valence-corrected chi connectivity index (χ3v) is 2.96. The van der Waals surface area contributed by atoms with E-state index in [2.05, 4.69) is 0 Å². The van der Waals surface area contributed by atoms with E-state index >= 15 is 0 Å². The van der Waals surface area contributed by atoms with E-state index in [1.807, 2.05) is 4.90 Å². The van der Waals surface area contributed by atoms with Gasteiger partial charge >= 0.3 is 5.97 Å². The summed E-state index contributed by atoms with van der Waals surface area (Å²) in [6.45, 7) is 1.62. The van der Waals surface area contributed by atoms with Crippen LogP contribution in [-0.4, -0.2) is 29.3 Å². The minimum absolute atomic E-state index is 0.124. The summed E-state index contributed by atoms with van der Waals surface area (Å²) in [6.07, 6.45) is 0.376. The SMILES string of the molecule is O=C(O)C(O)c1cc(F)ccc1N1CCCC1. The van der Waals surface area contributed by atoms with Gasteiger partial charge < -0.3 is 15.1 Å². The molecule has 2 rings (SSSR count). The van der Waals surface area contributed by atoms with Crippen LogP contribution < -0.4 is 4.90 Å². The molecule has 0 radical (unpaired) electrons. The number of carbonyl (C=O) groups is 1. The quantitative estimate of drug-likeness (QED) is 0.840. The van der Waals surface area contributed by atoms with Gasteiger partial charge in [-0.2, -0.15) is 0 Å². The molecule has 0 aromatic heterocycles. The maximum atomic E-state index is 13.1. The number of nitrogens with zero attached hydrogens (tertiary/aromatic N) is 1. The number of carboxylic acid groups (broad SMARTS) is 1. The van der Waals surface area contributed by atoms with Gasteiger partial charge in [0, 0.05) is 24.3 Å². The summed E-state index contributed by atoms with van der Waals surface area (Å²) in [7, 11) is 0. The van der Waals surface area contributed by atoms with Crippen molar-refractivity contribution >= 4 is 11.7 Å². The van der Waals surface area contributed by atoms with E-state index in [1.54, 1.807) is 0 Å². The summed E-state index contributed by atoms with van der Waals surface area (Å²) in [5.74, 6) is -1.90. The van der Waals surface area contributed by atoms with Gasteiger partial charge in [-0.1, -0.05) is 0 Å². The van der Waals surface area contributed by atoms with Gasteiger partial charge in [0.2, 0.25) is 0 Å². The minimum Gasteiger partial charge on any atom is -0.479 e. The van der Waals surface area contributed by atoms with Crippen molar-refractivity contribution in [2.24, 2.45) is 0 Å². The van der Waals surface area contributed by atoms with Gasteiger partial charge in [-0.25, -0.2) is 9.18 Å². The Bertz CT molecular complexity index is 430. The summed E-state index contributed by atoms with van der Waals surface area (Å²) in [6, 6.07) is 3.90. The average Bonchev–Trinajstić information content (AvgIpc) is 2.81. The largest absolute Gasteiger partial charge is 0.479 e. The molecule has 1 aromatic rings. The lowest BCUT2D eigenvalue weighted by Gasteiger charge is -2.22. The molecule has 1 saturated heterocycles. The van der Waals surface area contributed by atoms with Crippen LogP contribution in [-0.2, 0) is 4.79 Å².